The zero-order valence-electron chi connectivity index (χ0n) is 14.2. The molecular formula is C18H25N3OS2. The average molecular weight is 364 g/mol. The van der Waals surface area contributed by atoms with Gasteiger partial charge in [-0.1, -0.05) is 40.1 Å². The van der Waals surface area contributed by atoms with Gasteiger partial charge in [0.15, 0.2) is 0 Å². The summed E-state index contributed by atoms with van der Waals surface area (Å²) in [5, 5.41) is 3.86. The fourth-order valence-electron chi connectivity index (χ4n) is 3.10. The molecule has 24 heavy (non-hydrogen) atoms. The Labute approximate surface area is 151 Å². The lowest BCUT2D eigenvalue weighted by Gasteiger charge is -2.09. The number of imidazole rings is 1. The van der Waals surface area contributed by atoms with E-state index in [9.17, 15) is 4.79 Å². The first kappa shape index (κ1) is 17.7. The normalized spacial score (nSPS) is 17.5. The third-order valence-electron chi connectivity index (χ3n) is 4.41. The van der Waals surface area contributed by atoms with Gasteiger partial charge < -0.3 is 9.88 Å². The number of amides is 1. The van der Waals surface area contributed by atoms with Crippen molar-refractivity contribution in [3.05, 3.63) is 30.1 Å². The number of benzene rings is 1. The minimum absolute atomic E-state index is 0.172. The van der Waals surface area contributed by atoms with E-state index in [0.717, 1.165) is 41.5 Å². The Kier molecular flexibility index (Phi) is 6.49. The standard InChI is InChI=1S/C18H25N3OS2/c1-14-20-16-7-3-4-8-17(16)21(14)12-11-19-18(22)9-5-2-6-15-10-13-23-24-15/h3-4,7-8,15H,2,5-6,9-13H2,1H3,(H,19,22)/t15-/m0/s1. The summed E-state index contributed by atoms with van der Waals surface area (Å²) in [6, 6.07) is 8.14. The van der Waals surface area contributed by atoms with Gasteiger partial charge in [0.2, 0.25) is 5.91 Å². The van der Waals surface area contributed by atoms with Crippen LogP contribution in [-0.2, 0) is 11.3 Å². The number of rotatable bonds is 8. The molecule has 2 heterocycles. The lowest BCUT2D eigenvalue weighted by atomic mass is 10.1. The summed E-state index contributed by atoms with van der Waals surface area (Å²) < 4.78 is 2.17. The van der Waals surface area contributed by atoms with Gasteiger partial charge in [-0.3, -0.25) is 4.79 Å². The Hall–Kier alpha value is -1.14. The third-order valence-corrected chi connectivity index (χ3v) is 7.42. The van der Waals surface area contributed by atoms with E-state index >= 15 is 0 Å². The van der Waals surface area contributed by atoms with Crippen LogP contribution in [0.5, 0.6) is 0 Å². The van der Waals surface area contributed by atoms with Crippen molar-refractivity contribution in [3.63, 3.8) is 0 Å². The first-order valence-electron chi connectivity index (χ1n) is 8.71. The van der Waals surface area contributed by atoms with Gasteiger partial charge in [0.05, 0.1) is 11.0 Å². The molecule has 0 spiro atoms. The summed E-state index contributed by atoms with van der Waals surface area (Å²) in [5.41, 5.74) is 2.15. The average Bonchev–Trinajstić information content (AvgIpc) is 3.20. The summed E-state index contributed by atoms with van der Waals surface area (Å²) in [5.74, 6) is 2.46. The minimum atomic E-state index is 0.172. The van der Waals surface area contributed by atoms with E-state index in [0.29, 0.717) is 13.0 Å². The third kappa shape index (κ3) is 4.70. The SMILES string of the molecule is Cc1nc2ccccc2n1CCNC(=O)CCCC[C@H]1CCSS1. The molecule has 0 saturated carbocycles. The number of fused-ring (bicyclic) bond motifs is 1. The summed E-state index contributed by atoms with van der Waals surface area (Å²) in [6.45, 7) is 3.45. The van der Waals surface area contributed by atoms with Gasteiger partial charge in [0.25, 0.3) is 0 Å². The highest BCUT2D eigenvalue weighted by Crippen LogP contribution is 2.39. The van der Waals surface area contributed by atoms with Crippen LogP contribution >= 0.6 is 21.6 Å². The summed E-state index contributed by atoms with van der Waals surface area (Å²) in [4.78, 5) is 16.5. The Morgan fingerprint density at radius 1 is 1.38 bits per heavy atom. The topological polar surface area (TPSA) is 46.9 Å². The monoisotopic (exact) mass is 363 g/mol. The lowest BCUT2D eigenvalue weighted by molar-refractivity contribution is -0.121. The van der Waals surface area contributed by atoms with Crippen molar-refractivity contribution in [1.82, 2.24) is 14.9 Å². The van der Waals surface area contributed by atoms with Gasteiger partial charge >= 0.3 is 0 Å². The van der Waals surface area contributed by atoms with Crippen molar-refractivity contribution in [2.24, 2.45) is 0 Å². The van der Waals surface area contributed by atoms with Crippen molar-refractivity contribution < 1.29 is 4.79 Å². The van der Waals surface area contributed by atoms with Crippen molar-refractivity contribution in [1.29, 1.82) is 0 Å². The molecule has 1 aromatic carbocycles. The van der Waals surface area contributed by atoms with Crippen LogP contribution in [0, 0.1) is 6.92 Å². The molecular weight excluding hydrogens is 338 g/mol. The van der Waals surface area contributed by atoms with Gasteiger partial charge in [-0.25, -0.2) is 4.98 Å². The molecule has 4 nitrogen and oxygen atoms in total. The van der Waals surface area contributed by atoms with Crippen molar-refractivity contribution >= 4 is 38.5 Å². The van der Waals surface area contributed by atoms with Crippen LogP contribution in [0.3, 0.4) is 0 Å². The van der Waals surface area contributed by atoms with Gasteiger partial charge in [0, 0.05) is 30.5 Å². The van der Waals surface area contributed by atoms with Crippen molar-refractivity contribution in [2.45, 2.75) is 50.8 Å². The van der Waals surface area contributed by atoms with E-state index in [-0.39, 0.29) is 5.91 Å². The number of nitrogens with zero attached hydrogens (tertiary/aromatic N) is 2. The molecule has 1 aliphatic rings. The predicted octanol–water partition coefficient (Wildman–Crippen LogP) is 4.18. The van der Waals surface area contributed by atoms with Gasteiger partial charge in [0.1, 0.15) is 5.82 Å². The molecule has 1 atom stereocenters. The molecule has 0 aliphatic carbocycles. The fraction of sp³-hybridized carbons (Fsp3) is 0.556. The van der Waals surface area contributed by atoms with E-state index < -0.39 is 0 Å². The highest BCUT2D eigenvalue weighted by molar-refractivity contribution is 8.77. The predicted molar refractivity (Wildman–Crippen MR) is 104 cm³/mol. The largest absolute Gasteiger partial charge is 0.354 e. The number of carbonyl (C=O) groups is 1. The number of hydrogen-bond donors (Lipinski definition) is 1. The molecule has 0 unspecified atom stereocenters. The molecule has 6 heteroatoms. The van der Waals surface area contributed by atoms with E-state index in [1.165, 1.54) is 18.6 Å². The highest BCUT2D eigenvalue weighted by atomic mass is 33.1. The van der Waals surface area contributed by atoms with Crippen LogP contribution in [-0.4, -0.2) is 33.0 Å². The van der Waals surface area contributed by atoms with Crippen molar-refractivity contribution in [2.75, 3.05) is 12.3 Å². The molecule has 2 aromatic rings. The maximum absolute atomic E-state index is 12.0. The molecule has 1 amide bonds. The number of unbranched alkanes of at least 4 members (excludes halogenated alkanes) is 1. The van der Waals surface area contributed by atoms with E-state index in [2.05, 4.69) is 20.9 Å². The first-order valence-corrected chi connectivity index (χ1v) is 11.1. The van der Waals surface area contributed by atoms with Crippen LogP contribution in [0.4, 0.5) is 0 Å². The molecule has 1 N–H and O–H groups in total. The first-order chi connectivity index (χ1) is 11.7. The molecule has 0 radical (unpaired) electrons. The number of hydrogen-bond acceptors (Lipinski definition) is 4. The van der Waals surface area contributed by atoms with E-state index in [1.807, 2.05) is 46.7 Å². The second-order valence-corrected chi connectivity index (χ2v) is 9.01. The van der Waals surface area contributed by atoms with E-state index in [4.69, 9.17) is 0 Å². The zero-order valence-corrected chi connectivity index (χ0v) is 15.8. The number of carbonyl (C=O) groups excluding carboxylic acids is 1. The second-order valence-electron chi connectivity index (χ2n) is 6.22. The Morgan fingerprint density at radius 3 is 3.08 bits per heavy atom. The van der Waals surface area contributed by atoms with E-state index in [1.54, 1.807) is 0 Å². The Balaban J connectivity index is 1.36. The minimum Gasteiger partial charge on any atom is -0.354 e. The second kappa shape index (κ2) is 8.81. The van der Waals surface area contributed by atoms with Crippen LogP contribution in [0.1, 0.15) is 37.9 Å². The summed E-state index contributed by atoms with van der Waals surface area (Å²) in [6.07, 6.45) is 5.40. The zero-order chi connectivity index (χ0) is 16.8. The number of nitrogens with one attached hydrogen (secondary N) is 1. The van der Waals surface area contributed by atoms with Crippen LogP contribution in [0.15, 0.2) is 24.3 Å². The molecule has 1 fully saturated rings. The lowest BCUT2D eigenvalue weighted by Crippen LogP contribution is -2.27. The summed E-state index contributed by atoms with van der Waals surface area (Å²) >= 11 is 0. The molecule has 130 valence electrons. The smallest absolute Gasteiger partial charge is 0.220 e. The van der Waals surface area contributed by atoms with Crippen LogP contribution in [0.2, 0.25) is 0 Å². The molecule has 1 aromatic heterocycles. The van der Waals surface area contributed by atoms with Crippen LogP contribution < -0.4 is 5.32 Å². The van der Waals surface area contributed by atoms with Crippen LogP contribution in [0.25, 0.3) is 11.0 Å². The van der Waals surface area contributed by atoms with Gasteiger partial charge in [-0.15, -0.1) is 0 Å². The molecule has 1 saturated heterocycles. The number of aryl methyl sites for hydroxylation is 1. The molecule has 3 rings (SSSR count). The Morgan fingerprint density at radius 2 is 2.25 bits per heavy atom. The molecule has 1 aliphatic heterocycles. The van der Waals surface area contributed by atoms with Gasteiger partial charge in [-0.2, -0.15) is 0 Å². The number of para-hydroxylation sites is 2. The molecule has 0 bridgehead atoms. The quantitative estimate of drug-likeness (QED) is 0.565. The Bertz CT molecular complexity index is 680. The maximum atomic E-state index is 12.0. The van der Waals surface area contributed by atoms with Gasteiger partial charge in [-0.05, 0) is 38.3 Å². The highest BCUT2D eigenvalue weighted by Gasteiger charge is 2.15. The summed E-state index contributed by atoms with van der Waals surface area (Å²) in [7, 11) is 4.01. The number of aromatic nitrogens is 2. The van der Waals surface area contributed by atoms with Crippen molar-refractivity contribution in [3.8, 4) is 0 Å². The fourth-order valence-corrected chi connectivity index (χ4v) is 6.12. The maximum Gasteiger partial charge on any atom is 0.220 e.